The summed E-state index contributed by atoms with van der Waals surface area (Å²) in [6.45, 7) is 1.75. The first-order chi connectivity index (χ1) is 9.35. The summed E-state index contributed by atoms with van der Waals surface area (Å²) in [5.74, 6) is -1.83. The van der Waals surface area contributed by atoms with Crippen molar-refractivity contribution in [2.24, 2.45) is 5.73 Å². The average Bonchev–Trinajstić information content (AvgIpc) is 2.37. The highest BCUT2D eigenvalue weighted by molar-refractivity contribution is 6.33. The van der Waals surface area contributed by atoms with Gasteiger partial charge in [0.05, 0.1) is 10.6 Å². The molecule has 0 radical (unpaired) electrons. The Morgan fingerprint density at radius 2 is 2.05 bits per heavy atom. The molecule has 0 aromatic heterocycles. The molecule has 3 amide bonds. The standard InChI is InChI=1S/C12H14ClN3O4/c1-2-16(6-10(14)17)12(20)15-7-3-4-9(13)8(5-7)11(18)19/h3-5H,2,6H2,1H3,(H2,14,17)(H,15,20)(H,18,19). The number of nitrogens with two attached hydrogens (primary N) is 1. The highest BCUT2D eigenvalue weighted by Gasteiger charge is 2.15. The Morgan fingerprint density at radius 3 is 2.55 bits per heavy atom. The van der Waals surface area contributed by atoms with Gasteiger partial charge in [-0.05, 0) is 25.1 Å². The maximum atomic E-state index is 11.9. The van der Waals surface area contributed by atoms with Gasteiger partial charge in [0.2, 0.25) is 5.91 Å². The van der Waals surface area contributed by atoms with Crippen molar-refractivity contribution in [2.75, 3.05) is 18.4 Å². The molecule has 4 N–H and O–H groups in total. The Morgan fingerprint density at radius 1 is 1.40 bits per heavy atom. The smallest absolute Gasteiger partial charge is 0.337 e. The summed E-state index contributed by atoms with van der Waals surface area (Å²) in [5, 5.41) is 11.5. The molecule has 0 aliphatic rings. The number of hydrogen-bond donors (Lipinski definition) is 3. The fourth-order valence-corrected chi connectivity index (χ4v) is 1.68. The zero-order chi connectivity index (χ0) is 15.3. The van der Waals surface area contributed by atoms with Gasteiger partial charge in [-0.1, -0.05) is 11.6 Å². The maximum absolute atomic E-state index is 11.9. The van der Waals surface area contributed by atoms with Crippen molar-refractivity contribution in [1.82, 2.24) is 4.90 Å². The number of carboxylic acid groups (broad SMARTS) is 1. The first-order valence-corrected chi connectivity index (χ1v) is 6.10. The van der Waals surface area contributed by atoms with Crippen LogP contribution >= 0.6 is 11.6 Å². The fraction of sp³-hybridized carbons (Fsp3) is 0.250. The Labute approximate surface area is 120 Å². The number of likely N-dealkylation sites (N-methyl/N-ethyl adjacent to an activating group) is 1. The molecule has 0 fully saturated rings. The largest absolute Gasteiger partial charge is 0.478 e. The third-order valence-corrected chi connectivity index (χ3v) is 2.79. The van der Waals surface area contributed by atoms with Gasteiger partial charge in [0, 0.05) is 12.2 Å². The predicted octanol–water partition coefficient (Wildman–Crippen LogP) is 1.38. The number of benzene rings is 1. The maximum Gasteiger partial charge on any atom is 0.337 e. The summed E-state index contributed by atoms with van der Waals surface area (Å²) in [6.07, 6.45) is 0. The fourth-order valence-electron chi connectivity index (χ4n) is 1.48. The number of aromatic carboxylic acids is 1. The molecule has 0 unspecified atom stereocenters. The number of anilines is 1. The zero-order valence-electron chi connectivity index (χ0n) is 10.7. The molecule has 0 aliphatic heterocycles. The number of amides is 3. The van der Waals surface area contributed by atoms with Gasteiger partial charge in [-0.2, -0.15) is 0 Å². The van der Waals surface area contributed by atoms with Gasteiger partial charge in [-0.25, -0.2) is 9.59 Å². The van der Waals surface area contributed by atoms with Crippen LogP contribution in [0.1, 0.15) is 17.3 Å². The molecule has 1 rings (SSSR count). The second-order valence-electron chi connectivity index (χ2n) is 3.91. The van der Waals surface area contributed by atoms with E-state index in [2.05, 4.69) is 5.32 Å². The minimum Gasteiger partial charge on any atom is -0.478 e. The Bertz CT molecular complexity index is 548. The van der Waals surface area contributed by atoms with Crippen molar-refractivity contribution in [2.45, 2.75) is 6.92 Å². The van der Waals surface area contributed by atoms with Gasteiger partial charge in [-0.3, -0.25) is 4.79 Å². The summed E-state index contributed by atoms with van der Waals surface area (Å²) in [4.78, 5) is 34.8. The van der Waals surface area contributed by atoms with E-state index in [0.717, 1.165) is 0 Å². The molecule has 1 aromatic carbocycles. The van der Waals surface area contributed by atoms with Crippen LogP contribution in [0.25, 0.3) is 0 Å². The summed E-state index contributed by atoms with van der Waals surface area (Å²) in [6, 6.07) is 3.51. The van der Waals surface area contributed by atoms with E-state index in [9.17, 15) is 14.4 Å². The third-order valence-electron chi connectivity index (χ3n) is 2.46. The summed E-state index contributed by atoms with van der Waals surface area (Å²) < 4.78 is 0. The molecule has 1 aromatic rings. The number of rotatable bonds is 5. The number of hydrogen-bond acceptors (Lipinski definition) is 3. The quantitative estimate of drug-likeness (QED) is 0.762. The van der Waals surface area contributed by atoms with Crippen LogP contribution in [0, 0.1) is 0 Å². The third kappa shape index (κ3) is 4.13. The first kappa shape index (κ1) is 15.8. The number of nitrogens with zero attached hydrogens (tertiary/aromatic N) is 1. The van der Waals surface area contributed by atoms with Crippen LogP contribution in [0.15, 0.2) is 18.2 Å². The van der Waals surface area contributed by atoms with E-state index in [1.54, 1.807) is 6.92 Å². The molecule has 0 bridgehead atoms. The number of primary amides is 1. The van der Waals surface area contributed by atoms with Gasteiger partial charge in [0.1, 0.15) is 6.54 Å². The van der Waals surface area contributed by atoms with E-state index in [1.807, 2.05) is 0 Å². The van der Waals surface area contributed by atoms with Gasteiger partial charge < -0.3 is 21.1 Å². The van der Waals surface area contributed by atoms with Crippen molar-refractivity contribution in [3.8, 4) is 0 Å². The van der Waals surface area contributed by atoms with E-state index in [1.165, 1.54) is 23.1 Å². The highest BCUT2D eigenvalue weighted by atomic mass is 35.5. The number of carbonyl (C=O) groups is 3. The molecule has 108 valence electrons. The summed E-state index contributed by atoms with van der Waals surface area (Å²) >= 11 is 5.72. The second-order valence-corrected chi connectivity index (χ2v) is 4.32. The second kappa shape index (κ2) is 6.76. The topological polar surface area (TPSA) is 113 Å². The molecular weight excluding hydrogens is 286 g/mol. The van der Waals surface area contributed by atoms with Crippen molar-refractivity contribution >= 4 is 35.2 Å². The lowest BCUT2D eigenvalue weighted by Crippen LogP contribution is -2.40. The predicted molar refractivity (Wildman–Crippen MR) is 73.9 cm³/mol. The van der Waals surface area contributed by atoms with Crippen LogP contribution < -0.4 is 11.1 Å². The molecule has 0 spiro atoms. The van der Waals surface area contributed by atoms with E-state index >= 15 is 0 Å². The zero-order valence-corrected chi connectivity index (χ0v) is 11.5. The van der Waals surface area contributed by atoms with E-state index in [-0.39, 0.29) is 29.4 Å². The molecule has 20 heavy (non-hydrogen) atoms. The Kier molecular flexibility index (Phi) is 5.33. The van der Waals surface area contributed by atoms with Crippen molar-refractivity contribution in [1.29, 1.82) is 0 Å². The molecule has 0 aliphatic carbocycles. The molecule has 0 atom stereocenters. The molecular formula is C12H14ClN3O4. The molecule has 8 heteroatoms. The van der Waals surface area contributed by atoms with Crippen LogP contribution in [0.3, 0.4) is 0 Å². The normalized spacial score (nSPS) is 9.90. The van der Waals surface area contributed by atoms with Crippen LogP contribution in [-0.4, -0.2) is 41.0 Å². The van der Waals surface area contributed by atoms with Crippen molar-refractivity contribution < 1.29 is 19.5 Å². The van der Waals surface area contributed by atoms with Gasteiger partial charge in [0.25, 0.3) is 0 Å². The van der Waals surface area contributed by atoms with Crippen molar-refractivity contribution in [3.05, 3.63) is 28.8 Å². The van der Waals surface area contributed by atoms with Gasteiger partial charge >= 0.3 is 12.0 Å². The number of urea groups is 1. The number of nitrogens with one attached hydrogen (secondary N) is 1. The molecule has 7 nitrogen and oxygen atoms in total. The Balaban J connectivity index is 2.87. The van der Waals surface area contributed by atoms with Crippen LogP contribution in [-0.2, 0) is 4.79 Å². The number of carbonyl (C=O) groups excluding carboxylic acids is 2. The lowest BCUT2D eigenvalue weighted by atomic mass is 10.2. The first-order valence-electron chi connectivity index (χ1n) is 5.72. The van der Waals surface area contributed by atoms with Gasteiger partial charge in [0.15, 0.2) is 0 Å². The molecule has 0 saturated carbocycles. The van der Waals surface area contributed by atoms with Crippen molar-refractivity contribution in [3.63, 3.8) is 0 Å². The van der Waals surface area contributed by atoms with Crippen LogP contribution in [0.4, 0.5) is 10.5 Å². The molecule has 0 heterocycles. The van der Waals surface area contributed by atoms with Crippen LogP contribution in [0.2, 0.25) is 5.02 Å². The molecule has 0 saturated heterocycles. The SMILES string of the molecule is CCN(CC(N)=O)C(=O)Nc1ccc(Cl)c(C(=O)O)c1. The van der Waals surface area contributed by atoms with E-state index in [4.69, 9.17) is 22.4 Å². The van der Waals surface area contributed by atoms with E-state index < -0.39 is 17.9 Å². The van der Waals surface area contributed by atoms with Gasteiger partial charge in [-0.15, -0.1) is 0 Å². The monoisotopic (exact) mass is 299 g/mol. The lowest BCUT2D eigenvalue weighted by Gasteiger charge is -2.19. The highest BCUT2D eigenvalue weighted by Crippen LogP contribution is 2.20. The minimum atomic E-state index is -1.20. The summed E-state index contributed by atoms with van der Waals surface area (Å²) in [7, 11) is 0. The lowest BCUT2D eigenvalue weighted by molar-refractivity contribution is -0.118. The van der Waals surface area contributed by atoms with E-state index in [0.29, 0.717) is 0 Å². The Hall–Kier alpha value is -2.28. The van der Waals surface area contributed by atoms with Crippen LogP contribution in [0.5, 0.6) is 0 Å². The average molecular weight is 300 g/mol. The summed E-state index contributed by atoms with van der Waals surface area (Å²) in [5.41, 5.74) is 5.17. The minimum absolute atomic E-state index is 0.0694. The number of halogens is 1. The number of carboxylic acids is 1.